The predicted molar refractivity (Wildman–Crippen MR) is 94.8 cm³/mol. The van der Waals surface area contributed by atoms with Gasteiger partial charge in [0.1, 0.15) is 0 Å². The van der Waals surface area contributed by atoms with Crippen LogP contribution in [-0.2, 0) is 22.3 Å². The zero-order valence-electron chi connectivity index (χ0n) is 13.7. The summed E-state index contributed by atoms with van der Waals surface area (Å²) in [5.41, 5.74) is 1.87. The molecule has 128 valence electrons. The van der Waals surface area contributed by atoms with Crippen molar-refractivity contribution in [2.24, 2.45) is 0 Å². The minimum atomic E-state index is -3.26. The second-order valence-electron chi connectivity index (χ2n) is 6.09. The summed E-state index contributed by atoms with van der Waals surface area (Å²) in [4.78, 5) is 6.63. The molecular formula is C18H23N3O2S. The van der Waals surface area contributed by atoms with Crippen molar-refractivity contribution in [3.63, 3.8) is 0 Å². The number of benzene rings is 1. The number of nitrogens with zero attached hydrogens (tertiary/aromatic N) is 3. The molecule has 1 saturated heterocycles. The van der Waals surface area contributed by atoms with Gasteiger partial charge in [-0.05, 0) is 30.7 Å². The molecule has 0 amide bonds. The van der Waals surface area contributed by atoms with Gasteiger partial charge in [-0.3, -0.25) is 9.88 Å². The van der Waals surface area contributed by atoms with Gasteiger partial charge in [0.15, 0.2) is 0 Å². The molecule has 1 fully saturated rings. The monoisotopic (exact) mass is 345 g/mol. The Labute approximate surface area is 144 Å². The Morgan fingerprint density at radius 1 is 0.917 bits per heavy atom. The number of rotatable bonds is 5. The van der Waals surface area contributed by atoms with E-state index in [1.165, 1.54) is 0 Å². The minimum absolute atomic E-state index is 0.0775. The third-order valence-electron chi connectivity index (χ3n) is 4.24. The molecule has 1 aliphatic heterocycles. The van der Waals surface area contributed by atoms with E-state index in [4.69, 9.17) is 0 Å². The molecule has 0 saturated carbocycles. The summed E-state index contributed by atoms with van der Waals surface area (Å²) < 4.78 is 27.0. The lowest BCUT2D eigenvalue weighted by atomic mass is 10.2. The van der Waals surface area contributed by atoms with Crippen molar-refractivity contribution >= 4 is 10.0 Å². The van der Waals surface area contributed by atoms with Crippen molar-refractivity contribution in [2.45, 2.75) is 18.7 Å². The van der Waals surface area contributed by atoms with Crippen molar-refractivity contribution in [1.29, 1.82) is 0 Å². The van der Waals surface area contributed by atoms with Crippen LogP contribution in [-0.4, -0.2) is 48.8 Å². The van der Waals surface area contributed by atoms with Gasteiger partial charge in [-0.25, -0.2) is 12.7 Å². The summed E-state index contributed by atoms with van der Waals surface area (Å²) in [5.74, 6) is 0.0775. The maximum Gasteiger partial charge on any atom is 0.218 e. The highest BCUT2D eigenvalue weighted by atomic mass is 32.2. The first-order chi connectivity index (χ1) is 11.6. The first-order valence-corrected chi connectivity index (χ1v) is 9.88. The summed E-state index contributed by atoms with van der Waals surface area (Å²) in [6.07, 6.45) is 2.64. The van der Waals surface area contributed by atoms with Crippen LogP contribution in [0, 0.1) is 0 Å². The zero-order valence-corrected chi connectivity index (χ0v) is 14.5. The molecule has 1 aromatic heterocycles. The third-order valence-corrected chi connectivity index (χ3v) is 6.09. The molecule has 0 bridgehead atoms. The predicted octanol–water partition coefficient (Wildman–Crippen LogP) is 2.12. The molecule has 3 rings (SSSR count). The molecule has 0 unspecified atom stereocenters. The first-order valence-electron chi connectivity index (χ1n) is 8.27. The molecule has 0 N–H and O–H groups in total. The molecule has 24 heavy (non-hydrogen) atoms. The molecule has 2 aromatic rings. The van der Waals surface area contributed by atoms with E-state index in [1.807, 2.05) is 48.5 Å². The molecule has 5 nitrogen and oxygen atoms in total. The Morgan fingerprint density at radius 2 is 1.71 bits per heavy atom. The Bertz CT molecular complexity index is 735. The minimum Gasteiger partial charge on any atom is -0.296 e. The van der Waals surface area contributed by atoms with Crippen molar-refractivity contribution in [2.75, 3.05) is 26.2 Å². The van der Waals surface area contributed by atoms with E-state index in [1.54, 1.807) is 10.5 Å². The quantitative estimate of drug-likeness (QED) is 0.833. The maximum atomic E-state index is 12.7. The van der Waals surface area contributed by atoms with Gasteiger partial charge in [0, 0.05) is 32.4 Å². The Kier molecular flexibility index (Phi) is 5.60. The lowest BCUT2D eigenvalue weighted by Gasteiger charge is -2.21. The van der Waals surface area contributed by atoms with Gasteiger partial charge in [-0.15, -0.1) is 0 Å². The van der Waals surface area contributed by atoms with Crippen LogP contribution in [0.1, 0.15) is 17.7 Å². The van der Waals surface area contributed by atoms with Crippen LogP contribution in [0.15, 0.2) is 54.7 Å². The van der Waals surface area contributed by atoms with Crippen LogP contribution in [0.2, 0.25) is 0 Å². The number of aromatic nitrogens is 1. The SMILES string of the molecule is O=S(=O)(Cc1ccccc1)N1CCCN(Cc2ccccn2)CC1. The number of hydrogen-bond acceptors (Lipinski definition) is 4. The fraction of sp³-hybridized carbons (Fsp3) is 0.389. The van der Waals surface area contributed by atoms with Gasteiger partial charge in [0.05, 0.1) is 11.4 Å². The number of sulfonamides is 1. The van der Waals surface area contributed by atoms with E-state index in [0.717, 1.165) is 37.3 Å². The van der Waals surface area contributed by atoms with Gasteiger partial charge in [-0.1, -0.05) is 36.4 Å². The highest BCUT2D eigenvalue weighted by Crippen LogP contribution is 2.14. The lowest BCUT2D eigenvalue weighted by Crippen LogP contribution is -2.35. The second-order valence-corrected chi connectivity index (χ2v) is 8.06. The van der Waals surface area contributed by atoms with Crippen LogP contribution in [0.4, 0.5) is 0 Å². The summed E-state index contributed by atoms with van der Waals surface area (Å²) in [7, 11) is -3.26. The van der Waals surface area contributed by atoms with Crippen molar-refractivity contribution < 1.29 is 8.42 Å². The Balaban J connectivity index is 1.60. The second kappa shape index (κ2) is 7.88. The smallest absolute Gasteiger partial charge is 0.218 e. The summed E-state index contributed by atoms with van der Waals surface area (Å²) in [6, 6.07) is 15.3. The first kappa shape index (κ1) is 17.1. The standard InChI is InChI=1S/C18H23N3O2S/c22-24(23,16-17-7-2-1-3-8-17)21-12-6-11-20(13-14-21)15-18-9-4-5-10-19-18/h1-5,7-10H,6,11-16H2. The molecule has 1 aromatic carbocycles. The van der Waals surface area contributed by atoms with E-state index < -0.39 is 10.0 Å². The van der Waals surface area contributed by atoms with Crippen LogP contribution < -0.4 is 0 Å². The Morgan fingerprint density at radius 3 is 2.46 bits per heavy atom. The highest BCUT2D eigenvalue weighted by molar-refractivity contribution is 7.88. The lowest BCUT2D eigenvalue weighted by molar-refractivity contribution is 0.275. The summed E-state index contributed by atoms with van der Waals surface area (Å²) in [5, 5.41) is 0. The van der Waals surface area contributed by atoms with E-state index in [9.17, 15) is 8.42 Å². The molecule has 1 aliphatic rings. The van der Waals surface area contributed by atoms with Gasteiger partial charge in [0.2, 0.25) is 10.0 Å². The van der Waals surface area contributed by atoms with Crippen LogP contribution >= 0.6 is 0 Å². The third kappa shape index (κ3) is 4.63. The van der Waals surface area contributed by atoms with Gasteiger partial charge in [-0.2, -0.15) is 0 Å². The van der Waals surface area contributed by atoms with Crippen molar-refractivity contribution in [1.82, 2.24) is 14.2 Å². The molecular weight excluding hydrogens is 322 g/mol. The van der Waals surface area contributed by atoms with Crippen molar-refractivity contribution in [3.8, 4) is 0 Å². The normalized spacial score (nSPS) is 17.5. The molecule has 0 aliphatic carbocycles. The van der Waals surface area contributed by atoms with E-state index in [2.05, 4.69) is 9.88 Å². The topological polar surface area (TPSA) is 53.5 Å². The Hall–Kier alpha value is -1.76. The van der Waals surface area contributed by atoms with E-state index in [0.29, 0.717) is 13.1 Å². The number of pyridine rings is 1. The van der Waals surface area contributed by atoms with Gasteiger partial charge >= 0.3 is 0 Å². The zero-order chi connectivity index (χ0) is 16.8. The molecule has 2 heterocycles. The fourth-order valence-electron chi connectivity index (χ4n) is 2.98. The fourth-order valence-corrected chi connectivity index (χ4v) is 4.54. The van der Waals surface area contributed by atoms with Crippen LogP contribution in [0.5, 0.6) is 0 Å². The summed E-state index contributed by atoms with van der Waals surface area (Å²) in [6.45, 7) is 3.54. The van der Waals surface area contributed by atoms with Gasteiger partial charge < -0.3 is 0 Å². The highest BCUT2D eigenvalue weighted by Gasteiger charge is 2.25. The van der Waals surface area contributed by atoms with Crippen LogP contribution in [0.25, 0.3) is 0 Å². The molecule has 0 spiro atoms. The average molecular weight is 345 g/mol. The number of hydrogen-bond donors (Lipinski definition) is 0. The molecule has 0 atom stereocenters. The molecule has 0 radical (unpaired) electrons. The van der Waals surface area contributed by atoms with Gasteiger partial charge in [0.25, 0.3) is 0 Å². The summed E-state index contributed by atoms with van der Waals surface area (Å²) >= 11 is 0. The molecule has 6 heteroatoms. The van der Waals surface area contributed by atoms with E-state index >= 15 is 0 Å². The van der Waals surface area contributed by atoms with E-state index in [-0.39, 0.29) is 5.75 Å². The van der Waals surface area contributed by atoms with Crippen LogP contribution in [0.3, 0.4) is 0 Å². The average Bonchev–Trinajstić information content (AvgIpc) is 2.82. The largest absolute Gasteiger partial charge is 0.296 e. The van der Waals surface area contributed by atoms with Crippen molar-refractivity contribution in [3.05, 3.63) is 66.0 Å². The maximum absolute atomic E-state index is 12.7.